The van der Waals surface area contributed by atoms with Crippen molar-refractivity contribution in [2.75, 3.05) is 37.7 Å². The summed E-state index contributed by atoms with van der Waals surface area (Å²) >= 11 is 2.08. The smallest absolute Gasteiger partial charge is 0.0433 e. The first-order chi connectivity index (χ1) is 7.86. The molecule has 3 heteroatoms. The third-order valence-corrected chi connectivity index (χ3v) is 4.50. The number of nitrogens with zero attached hydrogens (tertiary/aromatic N) is 1. The summed E-state index contributed by atoms with van der Waals surface area (Å²) in [5, 5.41) is 8.92. The zero-order valence-electron chi connectivity index (χ0n) is 10.7. The standard InChI is InChI=1S/C13H27NOS/c1-2-13(6-10-15)5-3-4-7-14-8-11-16-12-9-14/h13,15H,2-12H2,1H3/t13-/m0/s1. The van der Waals surface area contributed by atoms with Crippen LogP contribution in [0, 0.1) is 5.92 Å². The van der Waals surface area contributed by atoms with E-state index in [1.165, 1.54) is 56.8 Å². The minimum Gasteiger partial charge on any atom is -0.396 e. The highest BCUT2D eigenvalue weighted by molar-refractivity contribution is 7.99. The average molecular weight is 245 g/mol. The van der Waals surface area contributed by atoms with E-state index < -0.39 is 0 Å². The van der Waals surface area contributed by atoms with Crippen LogP contribution in [0.4, 0.5) is 0 Å². The van der Waals surface area contributed by atoms with Crippen LogP contribution in [0.25, 0.3) is 0 Å². The maximum atomic E-state index is 8.92. The van der Waals surface area contributed by atoms with Crippen molar-refractivity contribution in [3.8, 4) is 0 Å². The molecule has 1 atom stereocenters. The first-order valence-electron chi connectivity index (χ1n) is 6.77. The predicted molar refractivity (Wildman–Crippen MR) is 73.1 cm³/mol. The molecule has 0 aromatic rings. The van der Waals surface area contributed by atoms with Crippen LogP contribution in [0.1, 0.15) is 39.0 Å². The van der Waals surface area contributed by atoms with E-state index in [1.54, 1.807) is 0 Å². The minimum absolute atomic E-state index is 0.363. The van der Waals surface area contributed by atoms with E-state index in [9.17, 15) is 0 Å². The minimum atomic E-state index is 0.363. The van der Waals surface area contributed by atoms with Crippen LogP contribution in [0.2, 0.25) is 0 Å². The number of unbranched alkanes of at least 4 members (excludes halogenated alkanes) is 1. The molecule has 1 saturated heterocycles. The molecule has 0 aromatic carbocycles. The van der Waals surface area contributed by atoms with Gasteiger partial charge in [-0.1, -0.05) is 26.2 Å². The second kappa shape index (κ2) is 9.32. The van der Waals surface area contributed by atoms with Gasteiger partial charge in [0.15, 0.2) is 0 Å². The largest absolute Gasteiger partial charge is 0.396 e. The van der Waals surface area contributed by atoms with Crippen LogP contribution in [0.15, 0.2) is 0 Å². The van der Waals surface area contributed by atoms with Gasteiger partial charge in [0.05, 0.1) is 0 Å². The van der Waals surface area contributed by atoms with Crippen molar-refractivity contribution < 1.29 is 5.11 Å². The van der Waals surface area contributed by atoms with Gasteiger partial charge in [0.1, 0.15) is 0 Å². The highest BCUT2D eigenvalue weighted by Gasteiger charge is 2.10. The van der Waals surface area contributed by atoms with Gasteiger partial charge < -0.3 is 10.0 Å². The van der Waals surface area contributed by atoms with Crippen molar-refractivity contribution >= 4 is 11.8 Å². The summed E-state index contributed by atoms with van der Waals surface area (Å²) < 4.78 is 0. The van der Waals surface area contributed by atoms with Gasteiger partial charge in [-0.25, -0.2) is 0 Å². The number of thioether (sulfide) groups is 1. The van der Waals surface area contributed by atoms with Gasteiger partial charge in [0, 0.05) is 31.2 Å². The van der Waals surface area contributed by atoms with Gasteiger partial charge in [-0.2, -0.15) is 11.8 Å². The Balaban J connectivity index is 1.97. The molecule has 1 N–H and O–H groups in total. The van der Waals surface area contributed by atoms with Gasteiger partial charge in [-0.05, 0) is 25.3 Å². The van der Waals surface area contributed by atoms with Gasteiger partial charge in [-0.15, -0.1) is 0 Å². The number of rotatable bonds is 8. The topological polar surface area (TPSA) is 23.5 Å². The number of hydrogen-bond donors (Lipinski definition) is 1. The van der Waals surface area contributed by atoms with Crippen molar-refractivity contribution in [3.05, 3.63) is 0 Å². The zero-order valence-corrected chi connectivity index (χ0v) is 11.5. The summed E-state index contributed by atoms with van der Waals surface area (Å²) in [6.07, 6.45) is 6.20. The maximum Gasteiger partial charge on any atom is 0.0433 e. The van der Waals surface area contributed by atoms with Gasteiger partial charge in [0.2, 0.25) is 0 Å². The predicted octanol–water partition coefficient (Wildman–Crippen LogP) is 2.61. The molecule has 0 radical (unpaired) electrons. The fraction of sp³-hybridized carbons (Fsp3) is 1.00. The molecule has 1 fully saturated rings. The number of aliphatic hydroxyl groups is 1. The molecule has 0 aliphatic carbocycles. The van der Waals surface area contributed by atoms with Gasteiger partial charge >= 0.3 is 0 Å². The summed E-state index contributed by atoms with van der Waals surface area (Å²) in [5.74, 6) is 3.39. The maximum absolute atomic E-state index is 8.92. The molecule has 0 aromatic heterocycles. The lowest BCUT2D eigenvalue weighted by molar-refractivity contribution is 0.242. The Morgan fingerprint density at radius 2 is 1.94 bits per heavy atom. The van der Waals surface area contributed by atoms with Crippen LogP contribution < -0.4 is 0 Å². The molecule has 0 unspecified atom stereocenters. The molecular weight excluding hydrogens is 218 g/mol. The van der Waals surface area contributed by atoms with Crippen molar-refractivity contribution in [2.24, 2.45) is 5.92 Å². The Morgan fingerprint density at radius 1 is 1.19 bits per heavy atom. The Kier molecular flexibility index (Phi) is 8.34. The molecule has 0 bridgehead atoms. The van der Waals surface area contributed by atoms with Crippen LogP contribution in [0.3, 0.4) is 0 Å². The second-order valence-corrected chi connectivity index (χ2v) is 5.96. The Hall–Kier alpha value is 0.270. The number of hydrogen-bond acceptors (Lipinski definition) is 3. The Bertz CT molecular complexity index is 153. The highest BCUT2D eigenvalue weighted by atomic mass is 32.2. The molecule has 0 saturated carbocycles. The van der Waals surface area contributed by atoms with E-state index >= 15 is 0 Å². The average Bonchev–Trinajstić information content (AvgIpc) is 2.34. The molecule has 1 aliphatic rings. The van der Waals surface area contributed by atoms with Crippen molar-refractivity contribution in [2.45, 2.75) is 39.0 Å². The van der Waals surface area contributed by atoms with Gasteiger partial charge in [0.25, 0.3) is 0 Å². The molecule has 16 heavy (non-hydrogen) atoms. The number of aliphatic hydroxyl groups excluding tert-OH is 1. The summed E-state index contributed by atoms with van der Waals surface area (Å²) in [6.45, 7) is 6.47. The molecule has 0 spiro atoms. The molecular formula is C13H27NOS. The Labute approximate surface area is 105 Å². The lowest BCUT2D eigenvalue weighted by atomic mass is 9.96. The molecule has 2 nitrogen and oxygen atoms in total. The van der Waals surface area contributed by atoms with Crippen LogP contribution in [-0.4, -0.2) is 47.8 Å². The monoisotopic (exact) mass is 245 g/mol. The van der Waals surface area contributed by atoms with E-state index in [0.29, 0.717) is 6.61 Å². The van der Waals surface area contributed by atoms with Crippen molar-refractivity contribution in [1.82, 2.24) is 4.90 Å². The first-order valence-corrected chi connectivity index (χ1v) is 7.93. The molecule has 1 aliphatic heterocycles. The Morgan fingerprint density at radius 3 is 2.56 bits per heavy atom. The zero-order chi connectivity index (χ0) is 11.6. The SMILES string of the molecule is CC[C@H](CCO)CCCCN1CCSCC1. The summed E-state index contributed by atoms with van der Waals surface area (Å²) in [6, 6.07) is 0. The normalized spacial score (nSPS) is 19.9. The molecule has 1 heterocycles. The second-order valence-electron chi connectivity index (χ2n) is 4.74. The third-order valence-electron chi connectivity index (χ3n) is 3.56. The fourth-order valence-corrected chi connectivity index (χ4v) is 3.31. The highest BCUT2D eigenvalue weighted by Crippen LogP contribution is 2.17. The lowest BCUT2D eigenvalue weighted by Crippen LogP contribution is -2.33. The van der Waals surface area contributed by atoms with E-state index in [2.05, 4.69) is 23.6 Å². The summed E-state index contributed by atoms with van der Waals surface area (Å²) in [7, 11) is 0. The molecule has 0 amide bonds. The quantitative estimate of drug-likeness (QED) is 0.665. The van der Waals surface area contributed by atoms with E-state index in [-0.39, 0.29) is 0 Å². The van der Waals surface area contributed by atoms with Crippen molar-refractivity contribution in [3.63, 3.8) is 0 Å². The van der Waals surface area contributed by atoms with E-state index in [4.69, 9.17) is 5.11 Å². The summed E-state index contributed by atoms with van der Waals surface area (Å²) in [5.41, 5.74) is 0. The molecule has 96 valence electrons. The first kappa shape index (κ1) is 14.3. The van der Waals surface area contributed by atoms with Crippen molar-refractivity contribution in [1.29, 1.82) is 0 Å². The summed E-state index contributed by atoms with van der Waals surface area (Å²) in [4.78, 5) is 2.60. The fourth-order valence-electron chi connectivity index (χ4n) is 2.33. The van der Waals surface area contributed by atoms with E-state index in [0.717, 1.165) is 12.3 Å². The van der Waals surface area contributed by atoms with Crippen LogP contribution in [-0.2, 0) is 0 Å². The van der Waals surface area contributed by atoms with Crippen LogP contribution >= 0.6 is 11.8 Å². The van der Waals surface area contributed by atoms with Crippen LogP contribution in [0.5, 0.6) is 0 Å². The lowest BCUT2D eigenvalue weighted by Gasteiger charge is -2.26. The molecule has 1 rings (SSSR count). The van der Waals surface area contributed by atoms with E-state index in [1.807, 2.05) is 0 Å². The van der Waals surface area contributed by atoms with Gasteiger partial charge in [-0.3, -0.25) is 0 Å². The third kappa shape index (κ3) is 6.12.